The summed E-state index contributed by atoms with van der Waals surface area (Å²) < 4.78 is 0. The van der Waals surface area contributed by atoms with Crippen molar-refractivity contribution in [1.29, 1.82) is 0 Å². The zero-order valence-electron chi connectivity index (χ0n) is 9.10. The standard InChI is InChI=1S/C13H22O/c1-11-6-5-9-13(12(14)10-11)7-3-2-4-8-13/h12,14H,1-10H2. The Morgan fingerprint density at radius 3 is 2.43 bits per heavy atom. The zero-order valence-corrected chi connectivity index (χ0v) is 9.10. The molecule has 2 fully saturated rings. The van der Waals surface area contributed by atoms with Gasteiger partial charge in [0.05, 0.1) is 6.10 Å². The molecule has 0 aliphatic heterocycles. The smallest absolute Gasteiger partial charge is 0.0633 e. The summed E-state index contributed by atoms with van der Waals surface area (Å²) in [6.45, 7) is 4.04. The summed E-state index contributed by atoms with van der Waals surface area (Å²) in [7, 11) is 0. The quantitative estimate of drug-likeness (QED) is 0.586. The van der Waals surface area contributed by atoms with Gasteiger partial charge in [0.2, 0.25) is 0 Å². The van der Waals surface area contributed by atoms with Gasteiger partial charge in [-0.15, -0.1) is 0 Å². The summed E-state index contributed by atoms with van der Waals surface area (Å²) in [4.78, 5) is 0. The average Bonchev–Trinajstić information content (AvgIpc) is 2.30. The molecule has 14 heavy (non-hydrogen) atoms. The van der Waals surface area contributed by atoms with E-state index in [9.17, 15) is 5.11 Å². The lowest BCUT2D eigenvalue weighted by atomic mass is 9.67. The molecule has 0 aromatic carbocycles. The van der Waals surface area contributed by atoms with Gasteiger partial charge in [-0.05, 0) is 43.9 Å². The highest BCUT2D eigenvalue weighted by Crippen LogP contribution is 2.47. The number of aliphatic hydroxyl groups is 1. The minimum Gasteiger partial charge on any atom is -0.392 e. The minimum absolute atomic E-state index is 0.0993. The fraction of sp³-hybridized carbons (Fsp3) is 0.846. The molecular weight excluding hydrogens is 172 g/mol. The third kappa shape index (κ3) is 1.88. The Bertz CT molecular complexity index is 213. The maximum Gasteiger partial charge on any atom is 0.0633 e. The van der Waals surface area contributed by atoms with Gasteiger partial charge in [-0.3, -0.25) is 0 Å². The summed E-state index contributed by atoms with van der Waals surface area (Å²) in [6, 6.07) is 0. The number of hydrogen-bond donors (Lipinski definition) is 1. The lowest BCUT2D eigenvalue weighted by Gasteiger charge is -2.40. The van der Waals surface area contributed by atoms with Crippen molar-refractivity contribution in [2.45, 2.75) is 63.9 Å². The summed E-state index contributed by atoms with van der Waals surface area (Å²) in [5, 5.41) is 10.3. The van der Waals surface area contributed by atoms with Crippen LogP contribution in [-0.4, -0.2) is 11.2 Å². The third-order valence-electron chi connectivity index (χ3n) is 4.24. The van der Waals surface area contributed by atoms with Gasteiger partial charge in [-0.2, -0.15) is 0 Å². The Balaban J connectivity index is 2.10. The highest BCUT2D eigenvalue weighted by molar-refractivity contribution is 5.04. The molecule has 1 unspecified atom stereocenters. The average molecular weight is 194 g/mol. The van der Waals surface area contributed by atoms with Crippen LogP contribution < -0.4 is 0 Å². The maximum absolute atomic E-state index is 10.3. The molecule has 0 radical (unpaired) electrons. The molecule has 80 valence electrons. The van der Waals surface area contributed by atoms with Gasteiger partial charge in [-0.1, -0.05) is 31.4 Å². The van der Waals surface area contributed by atoms with Crippen molar-refractivity contribution >= 4 is 0 Å². The van der Waals surface area contributed by atoms with Gasteiger partial charge in [-0.25, -0.2) is 0 Å². The van der Waals surface area contributed by atoms with Crippen LogP contribution in [0.5, 0.6) is 0 Å². The van der Waals surface area contributed by atoms with Crippen molar-refractivity contribution in [2.24, 2.45) is 5.41 Å². The van der Waals surface area contributed by atoms with E-state index in [2.05, 4.69) is 6.58 Å². The van der Waals surface area contributed by atoms with Crippen molar-refractivity contribution in [1.82, 2.24) is 0 Å². The second kappa shape index (κ2) is 4.06. The summed E-state index contributed by atoms with van der Waals surface area (Å²) in [5.41, 5.74) is 1.54. The fourth-order valence-corrected chi connectivity index (χ4v) is 3.29. The van der Waals surface area contributed by atoms with Gasteiger partial charge < -0.3 is 5.11 Å². The van der Waals surface area contributed by atoms with Crippen molar-refractivity contribution in [2.75, 3.05) is 0 Å². The van der Waals surface area contributed by atoms with E-state index in [0.717, 1.165) is 12.8 Å². The normalized spacial score (nSPS) is 32.9. The van der Waals surface area contributed by atoms with E-state index in [4.69, 9.17) is 0 Å². The molecule has 1 nitrogen and oxygen atoms in total. The van der Waals surface area contributed by atoms with E-state index >= 15 is 0 Å². The molecule has 1 N–H and O–H groups in total. The lowest BCUT2D eigenvalue weighted by Crippen LogP contribution is -2.36. The van der Waals surface area contributed by atoms with Crippen LogP contribution >= 0.6 is 0 Å². The molecule has 0 saturated heterocycles. The highest BCUT2D eigenvalue weighted by atomic mass is 16.3. The van der Waals surface area contributed by atoms with E-state index in [1.807, 2.05) is 0 Å². The Morgan fingerprint density at radius 2 is 1.71 bits per heavy atom. The first-order valence-electron chi connectivity index (χ1n) is 6.08. The van der Waals surface area contributed by atoms with Crippen molar-refractivity contribution in [3.63, 3.8) is 0 Å². The van der Waals surface area contributed by atoms with Crippen LogP contribution in [0.25, 0.3) is 0 Å². The molecule has 0 bridgehead atoms. The van der Waals surface area contributed by atoms with Crippen LogP contribution in [0.4, 0.5) is 0 Å². The van der Waals surface area contributed by atoms with Gasteiger partial charge >= 0.3 is 0 Å². The predicted molar refractivity (Wildman–Crippen MR) is 59.1 cm³/mol. The molecule has 1 spiro atoms. The van der Waals surface area contributed by atoms with E-state index in [-0.39, 0.29) is 11.5 Å². The monoisotopic (exact) mass is 194 g/mol. The van der Waals surface area contributed by atoms with Gasteiger partial charge in [0.25, 0.3) is 0 Å². The molecule has 1 heteroatoms. The molecule has 0 amide bonds. The second-order valence-corrected chi connectivity index (χ2v) is 5.25. The van der Waals surface area contributed by atoms with E-state index in [1.54, 1.807) is 0 Å². The van der Waals surface area contributed by atoms with Crippen LogP contribution in [0.2, 0.25) is 0 Å². The number of hydrogen-bond acceptors (Lipinski definition) is 1. The van der Waals surface area contributed by atoms with Crippen molar-refractivity contribution < 1.29 is 5.11 Å². The number of aliphatic hydroxyl groups excluding tert-OH is 1. The van der Waals surface area contributed by atoms with Crippen LogP contribution in [0.3, 0.4) is 0 Å². The van der Waals surface area contributed by atoms with Crippen LogP contribution in [0.15, 0.2) is 12.2 Å². The molecule has 0 heterocycles. The van der Waals surface area contributed by atoms with E-state index < -0.39 is 0 Å². The lowest BCUT2D eigenvalue weighted by molar-refractivity contribution is -0.00541. The van der Waals surface area contributed by atoms with E-state index in [0.29, 0.717) is 0 Å². The fourth-order valence-electron chi connectivity index (χ4n) is 3.29. The van der Waals surface area contributed by atoms with Gasteiger partial charge in [0.1, 0.15) is 0 Å². The van der Waals surface area contributed by atoms with Gasteiger partial charge in [0.15, 0.2) is 0 Å². The summed E-state index contributed by atoms with van der Waals surface area (Å²) in [6.07, 6.45) is 10.9. The molecule has 2 aliphatic carbocycles. The molecule has 2 saturated carbocycles. The SMILES string of the molecule is C=C1CCCC2(CCCCC2)C(O)C1. The van der Waals surface area contributed by atoms with Crippen LogP contribution in [-0.2, 0) is 0 Å². The third-order valence-corrected chi connectivity index (χ3v) is 4.24. The zero-order chi connectivity index (χ0) is 10.0. The van der Waals surface area contributed by atoms with E-state index in [1.165, 1.54) is 50.5 Å². The van der Waals surface area contributed by atoms with Crippen LogP contribution in [0, 0.1) is 5.41 Å². The summed E-state index contributed by atoms with van der Waals surface area (Å²) >= 11 is 0. The van der Waals surface area contributed by atoms with Gasteiger partial charge in [0, 0.05) is 0 Å². The Labute approximate surface area is 87.2 Å². The number of rotatable bonds is 0. The molecule has 0 aromatic heterocycles. The Morgan fingerprint density at radius 1 is 1.07 bits per heavy atom. The molecule has 2 rings (SSSR count). The maximum atomic E-state index is 10.3. The van der Waals surface area contributed by atoms with Crippen molar-refractivity contribution in [3.8, 4) is 0 Å². The molecule has 1 atom stereocenters. The second-order valence-electron chi connectivity index (χ2n) is 5.25. The molecule has 0 aromatic rings. The first-order valence-corrected chi connectivity index (χ1v) is 6.08. The first-order chi connectivity index (χ1) is 6.73. The minimum atomic E-state index is -0.0993. The van der Waals surface area contributed by atoms with Crippen molar-refractivity contribution in [3.05, 3.63) is 12.2 Å². The first kappa shape index (κ1) is 10.2. The molecule has 2 aliphatic rings. The summed E-state index contributed by atoms with van der Waals surface area (Å²) in [5.74, 6) is 0. The predicted octanol–water partition coefficient (Wildman–Crippen LogP) is 3.43. The Hall–Kier alpha value is -0.300. The highest BCUT2D eigenvalue weighted by Gasteiger charge is 2.39. The largest absolute Gasteiger partial charge is 0.392 e. The topological polar surface area (TPSA) is 20.2 Å². The van der Waals surface area contributed by atoms with Crippen LogP contribution in [0.1, 0.15) is 57.8 Å². The Kier molecular flexibility index (Phi) is 2.96. The molecular formula is C13H22O.